The van der Waals surface area contributed by atoms with Gasteiger partial charge in [0.25, 0.3) is 5.91 Å². The Bertz CT molecular complexity index is 904. The van der Waals surface area contributed by atoms with E-state index in [4.69, 9.17) is 18.1 Å². The first kappa shape index (κ1) is 16.9. The second kappa shape index (κ2) is 7.33. The van der Waals surface area contributed by atoms with Crippen LogP contribution in [0.15, 0.2) is 48.7 Å². The molecule has 0 spiro atoms. The minimum absolute atomic E-state index is 0.359. The number of thiocarbonyl (C=S) groups is 1. The van der Waals surface area contributed by atoms with Crippen LogP contribution in [0, 0.1) is 6.92 Å². The maximum Gasteiger partial charge on any atom is 0.265 e. The Morgan fingerprint density at radius 1 is 1.32 bits per heavy atom. The molecule has 4 N–H and O–H groups in total. The molecule has 0 saturated heterocycles. The molecule has 0 unspecified atom stereocenters. The van der Waals surface area contributed by atoms with Gasteiger partial charge in [0.1, 0.15) is 0 Å². The zero-order valence-corrected chi connectivity index (χ0v) is 14.4. The maximum atomic E-state index is 11.7. The van der Waals surface area contributed by atoms with Gasteiger partial charge in [-0.15, -0.1) is 0 Å². The Labute approximate surface area is 150 Å². The third kappa shape index (κ3) is 3.78. The van der Waals surface area contributed by atoms with E-state index >= 15 is 0 Å². The number of aromatic nitrogens is 2. The summed E-state index contributed by atoms with van der Waals surface area (Å²) in [6, 6.07) is 7.08. The number of carbonyl (C=O) groups excluding carboxylic acids is 1. The third-order valence-corrected chi connectivity index (χ3v) is 4.20. The molecule has 0 aliphatic heterocycles. The predicted octanol–water partition coefficient (Wildman–Crippen LogP) is 2.85. The Kier molecular flexibility index (Phi) is 4.97. The molecule has 0 bridgehead atoms. The Balaban J connectivity index is 1.90. The van der Waals surface area contributed by atoms with Gasteiger partial charge in [0, 0.05) is 34.3 Å². The topological polar surface area (TPSA) is 92.9 Å². The van der Waals surface area contributed by atoms with Crippen LogP contribution in [0.5, 0.6) is 0 Å². The fourth-order valence-electron chi connectivity index (χ4n) is 2.44. The van der Waals surface area contributed by atoms with Crippen molar-refractivity contribution in [3.8, 4) is 0 Å². The smallest absolute Gasteiger partial charge is 0.265 e. The van der Waals surface area contributed by atoms with Gasteiger partial charge in [-0.25, -0.2) is 15.8 Å². The molecule has 0 saturated carbocycles. The highest BCUT2D eigenvalue weighted by atomic mass is 32.1. The van der Waals surface area contributed by atoms with E-state index in [-0.39, 0.29) is 5.91 Å². The number of nitrogens with two attached hydrogens (primary N) is 1. The van der Waals surface area contributed by atoms with E-state index in [1.54, 1.807) is 18.3 Å². The molecule has 1 aliphatic rings. The molecule has 126 valence electrons. The predicted molar refractivity (Wildman–Crippen MR) is 102 cm³/mol. The zero-order valence-electron chi connectivity index (χ0n) is 13.6. The highest BCUT2D eigenvalue weighted by molar-refractivity contribution is 7.81. The van der Waals surface area contributed by atoms with Crippen molar-refractivity contribution in [1.82, 2.24) is 15.4 Å². The molecule has 7 heteroatoms. The molecule has 2 aromatic rings. The quantitative estimate of drug-likeness (QED) is 0.339. The molecule has 0 atom stereocenters. The Hall–Kier alpha value is -2.90. The van der Waals surface area contributed by atoms with Gasteiger partial charge in [-0.2, -0.15) is 0 Å². The summed E-state index contributed by atoms with van der Waals surface area (Å²) in [6.07, 6.45) is 8.36. The highest BCUT2D eigenvalue weighted by Gasteiger charge is 2.12. The van der Waals surface area contributed by atoms with Crippen LogP contribution >= 0.6 is 12.2 Å². The second-order valence-corrected chi connectivity index (χ2v) is 6.02. The van der Waals surface area contributed by atoms with Crippen LogP contribution < -0.4 is 16.6 Å². The monoisotopic (exact) mass is 351 g/mol. The van der Waals surface area contributed by atoms with Gasteiger partial charge < -0.3 is 5.32 Å². The Morgan fingerprint density at radius 3 is 2.92 bits per heavy atom. The molecule has 3 rings (SSSR count). The number of nitrogen functional groups attached to an aromatic ring is 1. The number of hydrogen-bond donors (Lipinski definition) is 3. The van der Waals surface area contributed by atoms with E-state index < -0.39 is 0 Å². The lowest BCUT2D eigenvalue weighted by atomic mass is 10.0. The van der Waals surface area contributed by atoms with Crippen molar-refractivity contribution in [3.05, 3.63) is 65.5 Å². The maximum absolute atomic E-state index is 11.7. The SMILES string of the molecule is Cc1ccc(C(=O)NN)cc1Nc1nccc(C2=CC=CCC2=S)n1. The van der Waals surface area contributed by atoms with Gasteiger partial charge in [0.2, 0.25) is 5.95 Å². The van der Waals surface area contributed by atoms with Crippen molar-refractivity contribution < 1.29 is 4.79 Å². The first-order valence-electron chi connectivity index (χ1n) is 7.70. The molecule has 1 amide bonds. The molecule has 1 heterocycles. The van der Waals surface area contributed by atoms with Gasteiger partial charge in [-0.3, -0.25) is 10.2 Å². The van der Waals surface area contributed by atoms with E-state index in [1.165, 1.54) is 0 Å². The molecule has 1 aliphatic carbocycles. The molecule has 1 aromatic carbocycles. The number of aryl methyl sites for hydroxylation is 1. The third-order valence-electron chi connectivity index (χ3n) is 3.81. The van der Waals surface area contributed by atoms with Crippen molar-refractivity contribution in [2.24, 2.45) is 5.84 Å². The lowest BCUT2D eigenvalue weighted by molar-refractivity contribution is 0.0953. The number of hydrazine groups is 1. The fraction of sp³-hybridized carbons (Fsp3) is 0.111. The zero-order chi connectivity index (χ0) is 17.8. The van der Waals surface area contributed by atoms with E-state index in [1.807, 2.05) is 37.3 Å². The number of hydrogen-bond acceptors (Lipinski definition) is 6. The fourth-order valence-corrected chi connectivity index (χ4v) is 2.71. The molecule has 0 radical (unpaired) electrons. The van der Waals surface area contributed by atoms with Gasteiger partial charge in [-0.1, -0.05) is 36.5 Å². The van der Waals surface area contributed by atoms with E-state index in [2.05, 4.69) is 20.7 Å². The molecule has 0 fully saturated rings. The number of benzene rings is 1. The summed E-state index contributed by atoms with van der Waals surface area (Å²) in [5, 5.41) is 3.15. The van der Waals surface area contributed by atoms with Crippen LogP contribution in [0.1, 0.15) is 28.0 Å². The van der Waals surface area contributed by atoms with Crippen LogP contribution in [0.4, 0.5) is 11.6 Å². The van der Waals surface area contributed by atoms with Gasteiger partial charge in [0.15, 0.2) is 0 Å². The van der Waals surface area contributed by atoms with Crippen molar-refractivity contribution in [1.29, 1.82) is 0 Å². The molecule has 6 nitrogen and oxygen atoms in total. The minimum atomic E-state index is -0.359. The van der Waals surface area contributed by atoms with Crippen LogP contribution in [0.25, 0.3) is 5.57 Å². The van der Waals surface area contributed by atoms with Crippen LogP contribution in [-0.2, 0) is 0 Å². The average Bonchev–Trinajstić information content (AvgIpc) is 2.63. The number of anilines is 2. The summed E-state index contributed by atoms with van der Waals surface area (Å²) < 4.78 is 0. The number of allylic oxidation sites excluding steroid dienone is 4. The minimum Gasteiger partial charge on any atom is -0.324 e. The van der Waals surface area contributed by atoms with Crippen LogP contribution in [-0.4, -0.2) is 20.7 Å². The number of nitrogens with one attached hydrogen (secondary N) is 2. The van der Waals surface area contributed by atoms with Gasteiger partial charge in [0.05, 0.1) is 5.69 Å². The number of nitrogens with zero attached hydrogens (tertiary/aromatic N) is 2. The van der Waals surface area contributed by atoms with Crippen molar-refractivity contribution in [2.45, 2.75) is 13.3 Å². The van der Waals surface area contributed by atoms with E-state index in [0.29, 0.717) is 11.5 Å². The summed E-state index contributed by atoms with van der Waals surface area (Å²) >= 11 is 5.41. The van der Waals surface area contributed by atoms with Crippen molar-refractivity contribution in [2.75, 3.05) is 5.32 Å². The summed E-state index contributed by atoms with van der Waals surface area (Å²) in [4.78, 5) is 21.3. The first-order chi connectivity index (χ1) is 12.1. The number of rotatable bonds is 4. The van der Waals surface area contributed by atoms with Crippen LogP contribution in [0.3, 0.4) is 0 Å². The standard InChI is InChI=1S/C18H17N5OS/c1-11-6-7-12(17(24)23-19)10-15(11)22-18-20-9-8-14(21-18)13-4-2-3-5-16(13)25/h2-4,6-10H,5,19H2,1H3,(H,23,24)(H,20,21,22). The molecular formula is C18H17N5OS. The molecule has 1 aromatic heterocycles. The molecular weight excluding hydrogens is 334 g/mol. The van der Waals surface area contributed by atoms with Crippen molar-refractivity contribution in [3.63, 3.8) is 0 Å². The first-order valence-corrected chi connectivity index (χ1v) is 8.11. The Morgan fingerprint density at radius 2 is 2.16 bits per heavy atom. The van der Waals surface area contributed by atoms with Gasteiger partial charge >= 0.3 is 0 Å². The summed E-state index contributed by atoms with van der Waals surface area (Å²) in [5.41, 5.74) is 5.96. The summed E-state index contributed by atoms with van der Waals surface area (Å²) in [6.45, 7) is 1.93. The largest absolute Gasteiger partial charge is 0.324 e. The number of amides is 1. The van der Waals surface area contributed by atoms with Gasteiger partial charge in [-0.05, 0) is 30.7 Å². The van der Waals surface area contributed by atoms with Crippen LogP contribution in [0.2, 0.25) is 0 Å². The summed E-state index contributed by atoms with van der Waals surface area (Å²) in [5.74, 6) is 5.27. The van der Waals surface area contributed by atoms with E-state index in [0.717, 1.165) is 33.8 Å². The summed E-state index contributed by atoms with van der Waals surface area (Å²) in [7, 11) is 0. The average molecular weight is 351 g/mol. The second-order valence-electron chi connectivity index (χ2n) is 5.53. The normalized spacial score (nSPS) is 13.4. The highest BCUT2D eigenvalue weighted by Crippen LogP contribution is 2.23. The lowest BCUT2D eigenvalue weighted by Gasteiger charge is -2.13. The molecule has 25 heavy (non-hydrogen) atoms. The van der Waals surface area contributed by atoms with Crippen molar-refractivity contribution >= 4 is 40.2 Å². The number of carbonyl (C=O) groups is 1. The lowest BCUT2D eigenvalue weighted by Crippen LogP contribution is -2.30. The van der Waals surface area contributed by atoms with E-state index in [9.17, 15) is 4.79 Å².